The maximum absolute atomic E-state index is 13.3. The molecule has 0 bridgehead atoms. The summed E-state index contributed by atoms with van der Waals surface area (Å²) in [5.41, 5.74) is 0. The maximum Gasteiger partial charge on any atom is 0.240 e. The lowest BCUT2D eigenvalue weighted by atomic mass is 10.3. The standard InChI is InChI=1S/C10H14FNO4S/c1-15-6-5-12-17(13,14)8-3-4-10(16-2)9(11)7-8/h3-4,7,12H,5-6H2,1-2H3. The molecular formula is C10H14FNO4S. The van der Waals surface area contributed by atoms with E-state index in [0.29, 0.717) is 0 Å². The molecule has 1 aromatic carbocycles. The first kappa shape index (κ1) is 13.9. The second kappa shape index (κ2) is 5.95. The van der Waals surface area contributed by atoms with Gasteiger partial charge in [0, 0.05) is 13.7 Å². The van der Waals surface area contributed by atoms with E-state index < -0.39 is 15.8 Å². The molecule has 0 fully saturated rings. The van der Waals surface area contributed by atoms with Gasteiger partial charge in [-0.25, -0.2) is 17.5 Å². The number of rotatable bonds is 6. The van der Waals surface area contributed by atoms with Crippen molar-refractivity contribution in [1.82, 2.24) is 4.72 Å². The number of halogens is 1. The van der Waals surface area contributed by atoms with Crippen molar-refractivity contribution in [2.75, 3.05) is 27.4 Å². The lowest BCUT2D eigenvalue weighted by molar-refractivity contribution is 0.204. The molecule has 1 rings (SSSR count). The minimum Gasteiger partial charge on any atom is -0.494 e. The number of hydrogen-bond donors (Lipinski definition) is 1. The molecule has 1 N–H and O–H groups in total. The Morgan fingerprint density at radius 2 is 2.06 bits per heavy atom. The Hall–Kier alpha value is -1.18. The molecule has 0 unspecified atom stereocenters. The number of benzene rings is 1. The van der Waals surface area contributed by atoms with Gasteiger partial charge >= 0.3 is 0 Å². The summed E-state index contributed by atoms with van der Waals surface area (Å²) in [5.74, 6) is -0.719. The van der Waals surface area contributed by atoms with Gasteiger partial charge in [-0.15, -0.1) is 0 Å². The molecule has 0 atom stereocenters. The number of nitrogens with one attached hydrogen (secondary N) is 1. The number of hydrogen-bond acceptors (Lipinski definition) is 4. The van der Waals surface area contributed by atoms with Crippen LogP contribution in [0.2, 0.25) is 0 Å². The molecule has 17 heavy (non-hydrogen) atoms. The van der Waals surface area contributed by atoms with Crippen LogP contribution < -0.4 is 9.46 Å². The number of sulfonamides is 1. The topological polar surface area (TPSA) is 64.6 Å². The van der Waals surface area contributed by atoms with Gasteiger partial charge in [0.1, 0.15) is 0 Å². The fourth-order valence-corrected chi connectivity index (χ4v) is 2.20. The zero-order valence-corrected chi connectivity index (χ0v) is 10.4. The molecule has 96 valence electrons. The van der Waals surface area contributed by atoms with Gasteiger partial charge in [-0.1, -0.05) is 0 Å². The minimum absolute atomic E-state index is 0.000779. The second-order valence-corrected chi connectivity index (χ2v) is 4.95. The summed E-state index contributed by atoms with van der Waals surface area (Å²) in [5, 5.41) is 0. The van der Waals surface area contributed by atoms with Crippen LogP contribution in [0.25, 0.3) is 0 Å². The highest BCUT2D eigenvalue weighted by Gasteiger charge is 2.15. The number of methoxy groups -OCH3 is 2. The van der Waals surface area contributed by atoms with Crippen LogP contribution in [0, 0.1) is 5.82 Å². The Morgan fingerprint density at radius 1 is 1.35 bits per heavy atom. The first-order valence-corrected chi connectivity index (χ1v) is 6.31. The fraction of sp³-hybridized carbons (Fsp3) is 0.400. The van der Waals surface area contributed by atoms with Gasteiger partial charge < -0.3 is 9.47 Å². The van der Waals surface area contributed by atoms with Crippen molar-refractivity contribution in [2.45, 2.75) is 4.90 Å². The Bertz CT molecular complexity index is 475. The van der Waals surface area contributed by atoms with Crippen LogP contribution >= 0.6 is 0 Å². The van der Waals surface area contributed by atoms with Crippen molar-refractivity contribution < 1.29 is 22.3 Å². The van der Waals surface area contributed by atoms with Crippen LogP contribution in [-0.4, -0.2) is 35.8 Å². The van der Waals surface area contributed by atoms with E-state index in [4.69, 9.17) is 9.47 Å². The smallest absolute Gasteiger partial charge is 0.240 e. The van der Waals surface area contributed by atoms with Gasteiger partial charge in [-0.3, -0.25) is 0 Å². The average molecular weight is 263 g/mol. The summed E-state index contributed by atoms with van der Waals surface area (Å²) in [6.07, 6.45) is 0. The van der Waals surface area contributed by atoms with E-state index in [0.717, 1.165) is 6.07 Å². The summed E-state index contributed by atoms with van der Waals surface area (Å²) >= 11 is 0. The first-order chi connectivity index (χ1) is 8.01. The SMILES string of the molecule is COCCNS(=O)(=O)c1ccc(OC)c(F)c1. The molecule has 1 aromatic rings. The quantitative estimate of drug-likeness (QED) is 0.770. The third kappa shape index (κ3) is 3.65. The second-order valence-electron chi connectivity index (χ2n) is 3.19. The van der Waals surface area contributed by atoms with E-state index >= 15 is 0 Å². The molecule has 0 radical (unpaired) electrons. The summed E-state index contributed by atoms with van der Waals surface area (Å²) in [7, 11) is -0.937. The van der Waals surface area contributed by atoms with Crippen molar-refractivity contribution in [3.05, 3.63) is 24.0 Å². The Balaban J connectivity index is 2.88. The Morgan fingerprint density at radius 3 is 2.59 bits per heavy atom. The van der Waals surface area contributed by atoms with E-state index in [1.54, 1.807) is 0 Å². The Kier molecular flexibility index (Phi) is 4.86. The van der Waals surface area contributed by atoms with Crippen molar-refractivity contribution >= 4 is 10.0 Å². The van der Waals surface area contributed by atoms with Crippen LogP contribution in [0.15, 0.2) is 23.1 Å². The predicted molar refractivity (Wildman–Crippen MR) is 60.0 cm³/mol. The average Bonchev–Trinajstić information content (AvgIpc) is 2.29. The van der Waals surface area contributed by atoms with Gasteiger partial charge in [0.2, 0.25) is 10.0 Å². The molecule has 0 saturated heterocycles. The molecule has 0 amide bonds. The van der Waals surface area contributed by atoms with Crippen LogP contribution in [0.3, 0.4) is 0 Å². The van der Waals surface area contributed by atoms with Crippen molar-refractivity contribution in [3.8, 4) is 5.75 Å². The highest BCUT2D eigenvalue weighted by Crippen LogP contribution is 2.20. The minimum atomic E-state index is -3.71. The molecule has 0 aromatic heterocycles. The molecule has 0 aliphatic carbocycles. The third-order valence-corrected chi connectivity index (χ3v) is 3.49. The van der Waals surface area contributed by atoms with Crippen LogP contribution in [0.4, 0.5) is 4.39 Å². The van der Waals surface area contributed by atoms with Gasteiger partial charge in [-0.05, 0) is 18.2 Å². The van der Waals surface area contributed by atoms with E-state index in [1.807, 2.05) is 0 Å². The van der Waals surface area contributed by atoms with Gasteiger partial charge in [0.15, 0.2) is 11.6 Å². The van der Waals surface area contributed by atoms with Gasteiger partial charge in [0.05, 0.1) is 18.6 Å². The Labute approximate surface area is 99.6 Å². The third-order valence-electron chi connectivity index (χ3n) is 2.03. The largest absolute Gasteiger partial charge is 0.494 e. The van der Waals surface area contributed by atoms with Gasteiger partial charge in [0.25, 0.3) is 0 Å². The molecular weight excluding hydrogens is 249 g/mol. The van der Waals surface area contributed by atoms with Crippen molar-refractivity contribution in [2.24, 2.45) is 0 Å². The molecule has 0 saturated carbocycles. The lowest BCUT2D eigenvalue weighted by Gasteiger charge is -2.07. The molecule has 5 nitrogen and oxygen atoms in total. The van der Waals surface area contributed by atoms with E-state index in [9.17, 15) is 12.8 Å². The molecule has 7 heteroatoms. The van der Waals surface area contributed by atoms with Crippen molar-refractivity contribution in [3.63, 3.8) is 0 Å². The molecule has 0 aliphatic heterocycles. The monoisotopic (exact) mass is 263 g/mol. The normalized spacial score (nSPS) is 11.5. The van der Waals surface area contributed by atoms with Crippen LogP contribution in [0.1, 0.15) is 0 Å². The summed E-state index contributed by atoms with van der Waals surface area (Å²) < 4.78 is 48.4. The summed E-state index contributed by atoms with van der Waals surface area (Å²) in [4.78, 5) is -0.146. The highest BCUT2D eigenvalue weighted by molar-refractivity contribution is 7.89. The molecule has 0 heterocycles. The van der Waals surface area contributed by atoms with E-state index in [-0.39, 0.29) is 23.8 Å². The van der Waals surface area contributed by atoms with E-state index in [2.05, 4.69) is 4.72 Å². The summed E-state index contributed by atoms with van der Waals surface area (Å²) in [6, 6.07) is 3.45. The molecule has 0 spiro atoms. The van der Waals surface area contributed by atoms with E-state index in [1.165, 1.54) is 26.4 Å². The first-order valence-electron chi connectivity index (χ1n) is 4.83. The highest BCUT2D eigenvalue weighted by atomic mass is 32.2. The number of ether oxygens (including phenoxy) is 2. The zero-order valence-electron chi connectivity index (χ0n) is 9.57. The lowest BCUT2D eigenvalue weighted by Crippen LogP contribution is -2.27. The van der Waals surface area contributed by atoms with Gasteiger partial charge in [-0.2, -0.15) is 0 Å². The van der Waals surface area contributed by atoms with Crippen LogP contribution in [0.5, 0.6) is 5.75 Å². The summed E-state index contributed by atoms with van der Waals surface area (Å²) in [6.45, 7) is 0.379. The zero-order chi connectivity index (χ0) is 12.9. The van der Waals surface area contributed by atoms with Crippen LogP contribution in [-0.2, 0) is 14.8 Å². The fourth-order valence-electron chi connectivity index (χ4n) is 1.18. The molecule has 0 aliphatic rings. The van der Waals surface area contributed by atoms with Crippen molar-refractivity contribution in [1.29, 1.82) is 0 Å². The maximum atomic E-state index is 13.3. The predicted octanol–water partition coefficient (Wildman–Crippen LogP) is 0.759.